The van der Waals surface area contributed by atoms with Crippen molar-refractivity contribution in [3.8, 4) is 16.9 Å². The number of piperazine rings is 1. The minimum absolute atomic E-state index is 0.0940. The first kappa shape index (κ1) is 27.8. The molecule has 13 heteroatoms. The number of fused-ring (bicyclic) bond motifs is 3. The lowest BCUT2D eigenvalue weighted by Crippen LogP contribution is -2.49. The van der Waals surface area contributed by atoms with Crippen LogP contribution in [0.25, 0.3) is 11.1 Å². The van der Waals surface area contributed by atoms with E-state index in [1.54, 1.807) is 4.90 Å². The van der Waals surface area contributed by atoms with E-state index < -0.39 is 35.6 Å². The topological polar surface area (TPSA) is 76.2 Å². The lowest BCUT2D eigenvalue weighted by molar-refractivity contribution is 0.0976. The molecule has 1 fully saturated rings. The molecule has 0 bridgehead atoms. The van der Waals surface area contributed by atoms with Gasteiger partial charge in [0.25, 0.3) is 0 Å². The molecular formula is C27H26BF4N2O5S-. The molecule has 1 aliphatic heterocycles. The zero-order valence-electron chi connectivity index (χ0n) is 21.5. The Labute approximate surface area is 229 Å². The van der Waals surface area contributed by atoms with E-state index >= 15 is 0 Å². The predicted octanol–water partition coefficient (Wildman–Crippen LogP) is 5.59. The molecule has 40 heavy (non-hydrogen) atoms. The number of carbonyl (C=O) groups excluding carboxylic acids is 1. The van der Waals surface area contributed by atoms with Gasteiger partial charge in [0.2, 0.25) is 0 Å². The molecule has 1 aliphatic carbocycles. The number of anilines is 1. The third-order valence-electron chi connectivity index (χ3n) is 7.26. The van der Waals surface area contributed by atoms with E-state index in [2.05, 4.69) is 4.18 Å². The van der Waals surface area contributed by atoms with Crippen LogP contribution >= 0.6 is 0 Å². The number of hydrogen-bond donors (Lipinski definition) is 0. The summed E-state index contributed by atoms with van der Waals surface area (Å²) in [4.78, 5) is 16.2. The molecule has 1 amide bonds. The van der Waals surface area contributed by atoms with Crippen LogP contribution in [0.3, 0.4) is 0 Å². The molecule has 0 aromatic heterocycles. The molecule has 0 radical (unpaired) electrons. The van der Waals surface area contributed by atoms with E-state index in [-0.39, 0.29) is 55.5 Å². The normalized spacial score (nSPS) is 15.5. The summed E-state index contributed by atoms with van der Waals surface area (Å²) < 4.78 is 84.8. The van der Waals surface area contributed by atoms with Crippen LogP contribution in [0.5, 0.6) is 5.75 Å². The number of amides is 1. The Morgan fingerprint density at radius 1 is 0.950 bits per heavy atom. The molecule has 5 rings (SSSR count). The summed E-state index contributed by atoms with van der Waals surface area (Å²) in [5.41, 5.74) is 4.61. The van der Waals surface area contributed by atoms with Gasteiger partial charge in [-0.05, 0) is 41.3 Å². The van der Waals surface area contributed by atoms with Gasteiger partial charge < -0.3 is 31.7 Å². The summed E-state index contributed by atoms with van der Waals surface area (Å²) in [7, 11) is -5.44. The van der Waals surface area contributed by atoms with Crippen molar-refractivity contribution < 1.29 is 39.0 Å². The number of halogens is 4. The maximum Gasteiger partial charge on any atom is 0.488 e. The number of benzene rings is 3. The van der Waals surface area contributed by atoms with Crippen molar-refractivity contribution >= 4 is 29.3 Å². The zero-order valence-corrected chi connectivity index (χ0v) is 22.3. The lowest BCUT2D eigenvalue weighted by atomic mass is 9.81. The molecule has 2 aliphatic rings. The maximum atomic E-state index is 13.2. The van der Waals surface area contributed by atoms with Crippen LogP contribution in [0.1, 0.15) is 28.2 Å². The van der Waals surface area contributed by atoms with Crippen LogP contribution in [0, 0.1) is 6.92 Å². The lowest BCUT2D eigenvalue weighted by Gasteiger charge is -2.37. The average molecular weight is 577 g/mol. The fourth-order valence-electron chi connectivity index (χ4n) is 5.45. The molecular weight excluding hydrogens is 551 g/mol. The van der Waals surface area contributed by atoms with E-state index in [0.717, 1.165) is 28.3 Å². The van der Waals surface area contributed by atoms with Crippen LogP contribution in [-0.2, 0) is 21.6 Å². The molecule has 1 heterocycles. The van der Waals surface area contributed by atoms with Crippen molar-refractivity contribution in [2.75, 3.05) is 37.7 Å². The van der Waals surface area contributed by atoms with Gasteiger partial charge in [0.05, 0.1) is 0 Å². The Bertz CT molecular complexity index is 1500. The number of carbonyl (C=O) groups is 1. The fraction of sp³-hybridized carbons (Fsp3) is 0.296. The first-order chi connectivity index (χ1) is 18.9. The van der Waals surface area contributed by atoms with Gasteiger partial charge in [-0.25, -0.2) is 4.79 Å². The van der Waals surface area contributed by atoms with Gasteiger partial charge >= 0.3 is 23.6 Å². The van der Waals surface area contributed by atoms with Crippen molar-refractivity contribution in [2.24, 2.45) is 0 Å². The van der Waals surface area contributed by atoms with E-state index in [1.807, 2.05) is 48.5 Å². The fourth-order valence-corrected chi connectivity index (χ4v) is 5.84. The first-order valence-corrected chi connectivity index (χ1v) is 14.0. The molecule has 7 nitrogen and oxygen atoms in total. The third-order valence-corrected chi connectivity index (χ3v) is 7.64. The van der Waals surface area contributed by atoms with Gasteiger partial charge in [-0.2, -0.15) is 8.42 Å². The van der Waals surface area contributed by atoms with Crippen molar-refractivity contribution in [1.82, 2.24) is 4.90 Å². The standard InChI is InChI=1S/C27H26BF4N2O5S/c1-18-25(14-19(16-28(29,30)31)15-26(18)39-40(32,36)37)33-10-12-34(13-11-33)27(35)38-17-24-22-8-4-2-6-20(22)21-7-3-5-9-23(21)24/h2-9,14-15,24H,10-13,16-17H2,1H3/q-1. The average Bonchev–Trinajstić information content (AvgIpc) is 3.21. The summed E-state index contributed by atoms with van der Waals surface area (Å²) in [6, 6.07) is 18.2. The second-order valence-corrected chi connectivity index (χ2v) is 10.9. The first-order valence-electron chi connectivity index (χ1n) is 12.7. The van der Waals surface area contributed by atoms with E-state index in [9.17, 15) is 30.0 Å². The Hall–Kier alpha value is -3.74. The number of nitrogens with zero attached hydrogens (tertiary/aromatic N) is 2. The predicted molar refractivity (Wildman–Crippen MR) is 143 cm³/mol. The van der Waals surface area contributed by atoms with Crippen molar-refractivity contribution in [3.05, 3.63) is 82.9 Å². The second-order valence-electron chi connectivity index (χ2n) is 9.91. The third kappa shape index (κ3) is 6.03. The zero-order chi connectivity index (χ0) is 28.7. The Morgan fingerprint density at radius 3 is 2.08 bits per heavy atom. The summed E-state index contributed by atoms with van der Waals surface area (Å²) in [5, 5.41) is 0. The van der Waals surface area contributed by atoms with Crippen LogP contribution in [0.15, 0.2) is 60.7 Å². The molecule has 0 spiro atoms. The number of ether oxygens (including phenoxy) is 1. The number of hydrogen-bond acceptors (Lipinski definition) is 6. The van der Waals surface area contributed by atoms with Crippen molar-refractivity contribution in [3.63, 3.8) is 0 Å². The van der Waals surface area contributed by atoms with E-state index in [4.69, 9.17) is 4.74 Å². The summed E-state index contributed by atoms with van der Waals surface area (Å²) in [6.45, 7) is -2.70. The molecule has 212 valence electrons. The van der Waals surface area contributed by atoms with Crippen LogP contribution in [0.2, 0.25) is 0 Å². The van der Waals surface area contributed by atoms with Crippen LogP contribution < -0.4 is 9.08 Å². The summed E-state index contributed by atoms with van der Waals surface area (Å²) in [5.74, 6) is -0.600. The van der Waals surface area contributed by atoms with Gasteiger partial charge in [-0.15, -0.1) is 0 Å². The SMILES string of the molecule is Cc1c(OS(=O)(=O)F)cc(C[B-](F)(F)F)cc1N1CCN(C(=O)OCC2c3ccccc3-c3ccccc32)CC1. The summed E-state index contributed by atoms with van der Waals surface area (Å²) in [6.07, 6.45) is -1.78. The van der Waals surface area contributed by atoms with E-state index in [1.165, 1.54) is 17.9 Å². The molecule has 0 atom stereocenters. The van der Waals surface area contributed by atoms with Gasteiger partial charge in [0.15, 0.2) is 0 Å². The van der Waals surface area contributed by atoms with Gasteiger partial charge in [0, 0.05) is 43.3 Å². The highest BCUT2D eigenvalue weighted by molar-refractivity contribution is 7.81. The van der Waals surface area contributed by atoms with E-state index in [0.29, 0.717) is 0 Å². The molecule has 3 aromatic rings. The van der Waals surface area contributed by atoms with Crippen LogP contribution in [-0.4, -0.2) is 59.2 Å². The quantitative estimate of drug-likeness (QED) is 0.207. The molecule has 0 unspecified atom stereocenters. The van der Waals surface area contributed by atoms with Gasteiger partial charge in [0.1, 0.15) is 12.4 Å². The van der Waals surface area contributed by atoms with Gasteiger partial charge in [-0.1, -0.05) is 64.3 Å². The molecule has 1 saturated heterocycles. The van der Waals surface area contributed by atoms with Crippen molar-refractivity contribution in [1.29, 1.82) is 0 Å². The van der Waals surface area contributed by atoms with Crippen LogP contribution in [0.4, 0.5) is 27.3 Å². The minimum atomic E-state index is -5.44. The Kier molecular flexibility index (Phi) is 7.43. The Balaban J connectivity index is 1.26. The molecule has 3 aromatic carbocycles. The molecule has 0 saturated carbocycles. The molecule has 0 N–H and O–H groups in total. The minimum Gasteiger partial charge on any atom is -0.449 e. The van der Waals surface area contributed by atoms with Crippen molar-refractivity contribution in [2.45, 2.75) is 19.2 Å². The largest absolute Gasteiger partial charge is 0.488 e. The van der Waals surface area contributed by atoms with Gasteiger partial charge in [-0.3, -0.25) is 0 Å². The highest BCUT2D eigenvalue weighted by Gasteiger charge is 2.31. The second kappa shape index (κ2) is 10.7. The number of rotatable bonds is 7. The Morgan fingerprint density at radius 2 is 1.52 bits per heavy atom. The smallest absolute Gasteiger partial charge is 0.449 e. The highest BCUT2D eigenvalue weighted by Crippen LogP contribution is 2.44. The maximum absolute atomic E-state index is 13.2. The summed E-state index contributed by atoms with van der Waals surface area (Å²) >= 11 is 0. The monoisotopic (exact) mass is 577 g/mol. The highest BCUT2D eigenvalue weighted by atomic mass is 32.3.